The molecule has 1 heterocycles. The molecular formula is C25H31FN4O4. The van der Waals surface area contributed by atoms with Crippen LogP contribution in [0.15, 0.2) is 36.7 Å². The number of rotatable bonds is 12. The van der Waals surface area contributed by atoms with Crippen LogP contribution in [0.25, 0.3) is 10.9 Å². The molecule has 0 atom stereocenters. The zero-order valence-corrected chi connectivity index (χ0v) is 19.8. The molecular weight excluding hydrogens is 439 g/mol. The lowest BCUT2D eigenvalue weighted by Crippen LogP contribution is -2.27. The number of benzene rings is 2. The van der Waals surface area contributed by atoms with Gasteiger partial charge in [-0.2, -0.15) is 0 Å². The van der Waals surface area contributed by atoms with Crippen molar-refractivity contribution in [2.75, 3.05) is 25.6 Å². The lowest BCUT2D eigenvalue weighted by atomic mass is 10.1. The molecule has 34 heavy (non-hydrogen) atoms. The fraction of sp³-hybridized carbons (Fsp3) is 0.400. The Bertz CT molecular complexity index is 1130. The topological polar surface area (TPSA) is 96.8 Å². The number of carbonyl (C=O) groups excluding carboxylic acids is 1. The Morgan fingerprint density at radius 2 is 1.91 bits per heavy atom. The highest BCUT2D eigenvalue weighted by Crippen LogP contribution is 2.35. The highest BCUT2D eigenvalue weighted by Gasteiger charge is 2.13. The van der Waals surface area contributed by atoms with Gasteiger partial charge in [-0.05, 0) is 56.0 Å². The minimum Gasteiger partial charge on any atom is -0.493 e. The number of halogens is 1. The van der Waals surface area contributed by atoms with E-state index in [-0.39, 0.29) is 11.7 Å². The Labute approximate surface area is 198 Å². The molecule has 0 saturated carbocycles. The summed E-state index contributed by atoms with van der Waals surface area (Å²) >= 11 is 0. The van der Waals surface area contributed by atoms with Crippen molar-refractivity contribution >= 4 is 28.3 Å². The van der Waals surface area contributed by atoms with Gasteiger partial charge in [-0.25, -0.2) is 19.4 Å². The smallest absolute Gasteiger partial charge is 0.245 e. The number of hydrogen-bond donors (Lipinski definition) is 2. The third-order valence-corrected chi connectivity index (χ3v) is 5.45. The SMILES string of the molecule is CCC(=O)N(O)CCCCCCOc1cc2c(Nc3ccc(F)c(C)c3)ncnc2cc1OC. The van der Waals surface area contributed by atoms with Crippen LogP contribution in [-0.2, 0) is 4.79 Å². The van der Waals surface area contributed by atoms with E-state index in [1.54, 1.807) is 39.2 Å². The minimum absolute atomic E-state index is 0.262. The molecule has 0 aliphatic rings. The summed E-state index contributed by atoms with van der Waals surface area (Å²) < 4.78 is 25.1. The molecule has 9 heteroatoms. The van der Waals surface area contributed by atoms with Crippen LogP contribution in [-0.4, -0.2) is 46.4 Å². The molecule has 0 bridgehead atoms. The maximum Gasteiger partial charge on any atom is 0.245 e. The summed E-state index contributed by atoms with van der Waals surface area (Å²) in [6, 6.07) is 8.43. The van der Waals surface area contributed by atoms with Gasteiger partial charge in [-0.1, -0.05) is 13.3 Å². The number of methoxy groups -OCH3 is 1. The van der Waals surface area contributed by atoms with Crippen LogP contribution in [0.4, 0.5) is 15.9 Å². The Kier molecular flexibility index (Phi) is 8.98. The largest absolute Gasteiger partial charge is 0.493 e. The van der Waals surface area contributed by atoms with Crippen molar-refractivity contribution in [2.45, 2.75) is 46.0 Å². The molecule has 0 aliphatic carbocycles. The number of nitrogens with one attached hydrogen (secondary N) is 1. The molecule has 0 unspecified atom stereocenters. The van der Waals surface area contributed by atoms with Gasteiger partial charge in [-0.3, -0.25) is 10.0 Å². The second-order valence-electron chi connectivity index (χ2n) is 7.96. The van der Waals surface area contributed by atoms with Crippen molar-refractivity contribution in [3.05, 3.63) is 48.0 Å². The molecule has 0 aliphatic heterocycles. The Morgan fingerprint density at radius 1 is 1.12 bits per heavy atom. The maximum absolute atomic E-state index is 13.6. The van der Waals surface area contributed by atoms with Crippen LogP contribution < -0.4 is 14.8 Å². The van der Waals surface area contributed by atoms with E-state index in [0.717, 1.165) is 41.8 Å². The van der Waals surface area contributed by atoms with Crippen LogP contribution in [0.2, 0.25) is 0 Å². The van der Waals surface area contributed by atoms with E-state index < -0.39 is 0 Å². The van der Waals surface area contributed by atoms with Crippen molar-refractivity contribution < 1.29 is 23.9 Å². The second kappa shape index (κ2) is 12.1. The average Bonchev–Trinajstić information content (AvgIpc) is 2.84. The van der Waals surface area contributed by atoms with Gasteiger partial charge >= 0.3 is 0 Å². The zero-order valence-electron chi connectivity index (χ0n) is 19.8. The quantitative estimate of drug-likeness (QED) is 0.208. The van der Waals surface area contributed by atoms with Crippen molar-refractivity contribution in [1.82, 2.24) is 15.0 Å². The third-order valence-electron chi connectivity index (χ3n) is 5.45. The van der Waals surface area contributed by atoms with Crippen molar-refractivity contribution in [2.24, 2.45) is 0 Å². The Hall–Kier alpha value is -3.46. The van der Waals surface area contributed by atoms with Gasteiger partial charge in [0.25, 0.3) is 0 Å². The number of carbonyl (C=O) groups is 1. The summed E-state index contributed by atoms with van der Waals surface area (Å²) in [6.07, 6.45) is 5.10. The standard InChI is InChI=1S/C25H31FN4O4/c1-4-24(31)30(32)11-7-5-6-8-12-34-23-14-19-21(15-22(23)33-3)27-16-28-25(19)29-18-9-10-20(26)17(2)13-18/h9-10,13-16,32H,4-8,11-12H2,1-3H3,(H,27,28,29). The second-order valence-corrected chi connectivity index (χ2v) is 7.96. The molecule has 0 fully saturated rings. The van der Waals surface area contributed by atoms with E-state index >= 15 is 0 Å². The first-order chi connectivity index (χ1) is 16.4. The summed E-state index contributed by atoms with van der Waals surface area (Å²) in [4.78, 5) is 20.0. The number of hydrogen-bond acceptors (Lipinski definition) is 7. The highest BCUT2D eigenvalue weighted by atomic mass is 19.1. The van der Waals surface area contributed by atoms with Gasteiger partial charge in [0.2, 0.25) is 5.91 Å². The monoisotopic (exact) mass is 470 g/mol. The number of aryl methyl sites for hydroxylation is 1. The molecule has 182 valence electrons. The predicted octanol–water partition coefficient (Wildman–Crippen LogP) is 5.40. The number of ether oxygens (including phenoxy) is 2. The van der Waals surface area contributed by atoms with Crippen molar-refractivity contribution in [3.63, 3.8) is 0 Å². The molecule has 1 amide bonds. The zero-order chi connectivity index (χ0) is 24.5. The van der Waals surface area contributed by atoms with E-state index in [4.69, 9.17) is 9.47 Å². The van der Waals surface area contributed by atoms with Gasteiger partial charge in [0.15, 0.2) is 11.5 Å². The number of fused-ring (bicyclic) bond motifs is 1. The van der Waals surface area contributed by atoms with Crippen LogP contribution >= 0.6 is 0 Å². The van der Waals surface area contributed by atoms with E-state index in [2.05, 4.69) is 15.3 Å². The van der Waals surface area contributed by atoms with Gasteiger partial charge in [-0.15, -0.1) is 0 Å². The molecule has 2 aromatic carbocycles. The number of unbranched alkanes of at least 4 members (excludes halogenated alkanes) is 3. The van der Waals surface area contributed by atoms with Gasteiger partial charge in [0.05, 0.1) is 19.2 Å². The van der Waals surface area contributed by atoms with E-state index in [9.17, 15) is 14.4 Å². The molecule has 0 radical (unpaired) electrons. The Balaban J connectivity index is 1.62. The molecule has 8 nitrogen and oxygen atoms in total. The Morgan fingerprint density at radius 3 is 2.65 bits per heavy atom. The lowest BCUT2D eigenvalue weighted by molar-refractivity contribution is -0.165. The van der Waals surface area contributed by atoms with E-state index in [0.29, 0.717) is 48.0 Å². The number of hydroxylamine groups is 2. The summed E-state index contributed by atoms with van der Waals surface area (Å²) in [7, 11) is 1.58. The maximum atomic E-state index is 13.6. The van der Waals surface area contributed by atoms with Crippen LogP contribution in [0.3, 0.4) is 0 Å². The van der Waals surface area contributed by atoms with Crippen LogP contribution in [0.1, 0.15) is 44.6 Å². The average molecular weight is 471 g/mol. The lowest BCUT2D eigenvalue weighted by Gasteiger charge is -2.15. The van der Waals surface area contributed by atoms with Gasteiger partial charge in [0.1, 0.15) is 18.0 Å². The van der Waals surface area contributed by atoms with Crippen molar-refractivity contribution in [1.29, 1.82) is 0 Å². The van der Waals surface area contributed by atoms with Crippen LogP contribution in [0.5, 0.6) is 11.5 Å². The summed E-state index contributed by atoms with van der Waals surface area (Å²) in [5.41, 5.74) is 1.95. The predicted molar refractivity (Wildman–Crippen MR) is 128 cm³/mol. The van der Waals surface area contributed by atoms with Gasteiger partial charge in [0, 0.05) is 30.1 Å². The third kappa shape index (κ3) is 6.54. The molecule has 3 rings (SSSR count). The van der Waals surface area contributed by atoms with E-state index in [1.807, 2.05) is 6.07 Å². The number of anilines is 2. The molecule has 0 saturated heterocycles. The summed E-state index contributed by atoms with van der Waals surface area (Å²) in [5.74, 6) is 1.21. The number of nitrogens with zero attached hydrogens (tertiary/aromatic N) is 3. The molecule has 3 aromatic rings. The first-order valence-electron chi connectivity index (χ1n) is 11.4. The van der Waals surface area contributed by atoms with E-state index in [1.165, 1.54) is 12.4 Å². The molecule has 2 N–H and O–H groups in total. The fourth-order valence-electron chi connectivity index (χ4n) is 3.50. The number of aromatic nitrogens is 2. The normalized spacial score (nSPS) is 10.9. The first-order valence-corrected chi connectivity index (χ1v) is 11.4. The summed E-state index contributed by atoms with van der Waals surface area (Å²) in [5, 5.41) is 14.3. The van der Waals surface area contributed by atoms with Crippen LogP contribution in [0, 0.1) is 12.7 Å². The summed E-state index contributed by atoms with van der Waals surface area (Å²) in [6.45, 7) is 4.26. The highest BCUT2D eigenvalue weighted by molar-refractivity contribution is 5.93. The van der Waals surface area contributed by atoms with Gasteiger partial charge < -0.3 is 14.8 Å². The van der Waals surface area contributed by atoms with Crippen molar-refractivity contribution in [3.8, 4) is 11.5 Å². The first kappa shape index (κ1) is 25.2. The number of amides is 1. The fourth-order valence-corrected chi connectivity index (χ4v) is 3.50. The molecule has 0 spiro atoms. The molecule has 1 aromatic heterocycles. The minimum atomic E-state index is -0.265.